The Kier molecular flexibility index (Phi) is 11.4. The topological polar surface area (TPSA) is 209 Å². The molecule has 67 heavy (non-hydrogen) atoms. The Morgan fingerprint density at radius 3 is 2.24 bits per heavy atom. The Bertz CT molecular complexity index is 2850. The molecule has 3 saturated heterocycles. The number of piperidine rings is 1. The summed E-state index contributed by atoms with van der Waals surface area (Å²) in [6, 6.07) is 15.6. The lowest BCUT2D eigenvalue weighted by Crippen LogP contribution is -2.54. The number of rotatable bonds is 10. The van der Waals surface area contributed by atoms with Crippen LogP contribution >= 0.6 is 11.3 Å². The number of hydrogen-bond donors (Lipinski definition) is 3. The van der Waals surface area contributed by atoms with E-state index in [2.05, 4.69) is 35.3 Å². The number of pyridine rings is 1. The zero-order valence-corrected chi connectivity index (χ0v) is 36.7. The number of hydrogen-bond acceptors (Lipinski definition) is 14. The van der Waals surface area contributed by atoms with Gasteiger partial charge in [-0.15, -0.1) is 11.3 Å². The summed E-state index contributed by atoms with van der Waals surface area (Å²) >= 11 is 1.18. The predicted molar refractivity (Wildman–Crippen MR) is 242 cm³/mol. The van der Waals surface area contributed by atoms with Crippen LogP contribution in [0.4, 0.5) is 20.9 Å². The Morgan fingerprint density at radius 1 is 0.791 bits per heavy atom. The van der Waals surface area contributed by atoms with Crippen molar-refractivity contribution in [1.29, 1.82) is 0 Å². The highest BCUT2D eigenvalue weighted by Crippen LogP contribution is 2.38. The van der Waals surface area contributed by atoms with Crippen molar-refractivity contribution in [1.82, 2.24) is 34.9 Å². The third kappa shape index (κ3) is 8.33. The maximum atomic E-state index is 14.4. The van der Waals surface area contributed by atoms with Gasteiger partial charge in [0, 0.05) is 99.1 Å². The fraction of sp³-hybridized carbons (Fsp3) is 0.298. The Labute approximate surface area is 386 Å². The fourth-order valence-electron chi connectivity index (χ4n) is 9.40. The number of anilines is 3. The molecule has 18 nitrogen and oxygen atoms in total. The standard InChI is InChI=1S/C47H43FN10O8S/c48-29-3-9-38(59)35(22-29)41(43(63)52-47-49-11-20-67-47)57-25-36-34(44(57)64)21-28(24-50-36)27-1-4-30(5-2-27)54-16-18-56(19-17-54)40(61)26-53-12-14-55(15-13-53)31-6-7-32-33(23-31)46(66)58(45(32)65)37-8-10-39(60)51-42(37)62/h1-7,9,11,20-24,37,41,59H,8,10,12-19,25-26H2,(H,49,52,63)(H,51,60,62). The Hall–Kier alpha value is -7.58. The summed E-state index contributed by atoms with van der Waals surface area (Å²) in [7, 11) is 0. The van der Waals surface area contributed by atoms with E-state index < -0.39 is 53.3 Å². The van der Waals surface area contributed by atoms with Crippen LogP contribution in [0.3, 0.4) is 0 Å². The molecule has 5 aliphatic rings. The molecule has 342 valence electrons. The summed E-state index contributed by atoms with van der Waals surface area (Å²) in [4.78, 5) is 111. The maximum absolute atomic E-state index is 14.4. The van der Waals surface area contributed by atoms with E-state index in [0.717, 1.165) is 40.0 Å². The Morgan fingerprint density at radius 2 is 1.51 bits per heavy atom. The molecule has 7 amide bonds. The minimum absolute atomic E-state index is 0.0355. The molecule has 2 aromatic heterocycles. The van der Waals surface area contributed by atoms with E-state index in [-0.39, 0.29) is 54.3 Å². The number of piperazine rings is 2. The first kappa shape index (κ1) is 43.3. The monoisotopic (exact) mass is 926 g/mol. The summed E-state index contributed by atoms with van der Waals surface area (Å²) in [5.74, 6) is -4.27. The van der Waals surface area contributed by atoms with Gasteiger partial charge in [0.25, 0.3) is 23.6 Å². The zero-order chi connectivity index (χ0) is 46.5. The van der Waals surface area contributed by atoms with E-state index in [9.17, 15) is 43.1 Å². The Balaban J connectivity index is 0.719. The van der Waals surface area contributed by atoms with Gasteiger partial charge in [-0.3, -0.25) is 59.0 Å². The van der Waals surface area contributed by atoms with E-state index in [1.54, 1.807) is 35.8 Å². The van der Waals surface area contributed by atoms with Crippen LogP contribution < -0.4 is 20.4 Å². The summed E-state index contributed by atoms with van der Waals surface area (Å²) in [6.07, 6.45) is 3.33. The number of phenols is 1. The molecule has 10 rings (SSSR count). The number of thiazole rings is 1. The highest BCUT2D eigenvalue weighted by atomic mass is 32.1. The number of carbonyl (C=O) groups is 7. The molecule has 0 saturated carbocycles. The molecule has 0 radical (unpaired) electrons. The van der Waals surface area contributed by atoms with Gasteiger partial charge in [0.1, 0.15) is 23.7 Å². The van der Waals surface area contributed by atoms with E-state index in [1.807, 2.05) is 29.2 Å². The molecule has 20 heteroatoms. The lowest BCUT2D eigenvalue weighted by atomic mass is 10.0. The van der Waals surface area contributed by atoms with Crippen molar-refractivity contribution in [3.05, 3.63) is 118 Å². The number of nitrogens with one attached hydrogen (secondary N) is 2. The van der Waals surface area contributed by atoms with Crippen molar-refractivity contribution in [3.8, 4) is 16.9 Å². The molecule has 5 aromatic rings. The summed E-state index contributed by atoms with van der Waals surface area (Å²) in [5.41, 5.74) is 4.40. The molecule has 2 atom stereocenters. The quantitative estimate of drug-likeness (QED) is 0.172. The van der Waals surface area contributed by atoms with Gasteiger partial charge >= 0.3 is 0 Å². The average molecular weight is 927 g/mol. The van der Waals surface area contributed by atoms with Gasteiger partial charge in [-0.1, -0.05) is 12.1 Å². The zero-order valence-electron chi connectivity index (χ0n) is 35.9. The second-order valence-electron chi connectivity index (χ2n) is 16.9. The smallest absolute Gasteiger partial charge is 0.262 e. The molecule has 7 heterocycles. The van der Waals surface area contributed by atoms with E-state index in [1.165, 1.54) is 22.4 Å². The SMILES string of the molecule is O=C1CCC(N2C(=O)c3ccc(N4CCN(CC(=O)N5CCN(c6ccc(-c7cnc8c(c7)C(=O)N(C(C(=O)Nc7nccs7)c7cc(F)ccc7O)C8)cc6)CC5)CC4)cc3C2=O)C(=O)N1. The molecule has 0 bridgehead atoms. The number of phenolic OH excluding ortho intramolecular Hbond substituents is 1. The second-order valence-corrected chi connectivity index (χ2v) is 17.8. The van der Waals surface area contributed by atoms with Gasteiger partial charge in [-0.2, -0.15) is 0 Å². The van der Waals surface area contributed by atoms with Crippen LogP contribution in [0, 0.1) is 5.82 Å². The molecule has 2 unspecified atom stereocenters. The van der Waals surface area contributed by atoms with Gasteiger partial charge in [-0.25, -0.2) is 9.37 Å². The van der Waals surface area contributed by atoms with Gasteiger partial charge in [-0.05, 0) is 66.6 Å². The fourth-order valence-corrected chi connectivity index (χ4v) is 9.93. The lowest BCUT2D eigenvalue weighted by Gasteiger charge is -2.39. The number of fused-ring (bicyclic) bond motifs is 2. The normalized spacial score (nSPS) is 19.1. The molecular weight excluding hydrogens is 884 g/mol. The molecular formula is C47H43FN10O8S. The van der Waals surface area contributed by atoms with Crippen LogP contribution in [0.2, 0.25) is 0 Å². The number of amides is 7. The van der Waals surface area contributed by atoms with Crippen LogP contribution in [-0.4, -0.2) is 141 Å². The van der Waals surface area contributed by atoms with Crippen LogP contribution in [-0.2, 0) is 25.7 Å². The van der Waals surface area contributed by atoms with E-state index in [0.29, 0.717) is 74.3 Å². The number of benzene rings is 3. The van der Waals surface area contributed by atoms with Crippen molar-refractivity contribution < 1.29 is 43.1 Å². The molecule has 0 spiro atoms. The molecule has 3 N–H and O–H groups in total. The number of nitrogens with zero attached hydrogens (tertiary/aromatic N) is 8. The second kappa shape index (κ2) is 17.7. The average Bonchev–Trinajstić information content (AvgIpc) is 4.03. The number of halogens is 1. The first-order valence-corrected chi connectivity index (χ1v) is 22.7. The largest absolute Gasteiger partial charge is 0.508 e. The van der Waals surface area contributed by atoms with Crippen molar-refractivity contribution in [3.63, 3.8) is 0 Å². The molecule has 5 aliphatic heterocycles. The molecule has 0 aliphatic carbocycles. The summed E-state index contributed by atoms with van der Waals surface area (Å²) in [6.45, 7) is 5.12. The minimum Gasteiger partial charge on any atom is -0.508 e. The van der Waals surface area contributed by atoms with Gasteiger partial charge in [0.05, 0.1) is 35.5 Å². The number of aromatic hydroxyl groups is 1. The van der Waals surface area contributed by atoms with Crippen LogP contribution in [0.25, 0.3) is 11.1 Å². The summed E-state index contributed by atoms with van der Waals surface area (Å²) in [5, 5.41) is 17.6. The molecule has 3 aromatic carbocycles. The van der Waals surface area contributed by atoms with Gasteiger partial charge < -0.3 is 24.7 Å². The number of imide groups is 2. The van der Waals surface area contributed by atoms with Crippen LogP contribution in [0.5, 0.6) is 5.75 Å². The first-order chi connectivity index (χ1) is 32.4. The van der Waals surface area contributed by atoms with Crippen molar-refractivity contribution >= 4 is 69.2 Å². The van der Waals surface area contributed by atoms with Crippen LogP contribution in [0.1, 0.15) is 61.2 Å². The molecule has 3 fully saturated rings. The number of aromatic nitrogens is 2. The third-order valence-electron chi connectivity index (χ3n) is 13.0. The highest BCUT2D eigenvalue weighted by Gasteiger charge is 2.45. The first-order valence-electron chi connectivity index (χ1n) is 21.8. The summed E-state index contributed by atoms with van der Waals surface area (Å²) < 4.78 is 14.4. The number of carbonyl (C=O) groups excluding carboxylic acids is 7. The van der Waals surface area contributed by atoms with Gasteiger partial charge in [0.2, 0.25) is 17.7 Å². The van der Waals surface area contributed by atoms with E-state index >= 15 is 0 Å². The highest BCUT2D eigenvalue weighted by molar-refractivity contribution is 7.13. The lowest BCUT2D eigenvalue weighted by molar-refractivity contribution is -0.136. The predicted octanol–water partition coefficient (Wildman–Crippen LogP) is 3.26. The van der Waals surface area contributed by atoms with Crippen molar-refractivity contribution in [2.75, 3.05) is 74.0 Å². The minimum atomic E-state index is -1.37. The van der Waals surface area contributed by atoms with E-state index in [4.69, 9.17) is 0 Å². The third-order valence-corrected chi connectivity index (χ3v) is 13.7. The van der Waals surface area contributed by atoms with Crippen LogP contribution in [0.15, 0.2) is 84.5 Å². The van der Waals surface area contributed by atoms with Gasteiger partial charge in [0.15, 0.2) is 5.13 Å². The maximum Gasteiger partial charge on any atom is 0.262 e. The van der Waals surface area contributed by atoms with Crippen molar-refractivity contribution in [2.45, 2.75) is 31.5 Å². The van der Waals surface area contributed by atoms with Crippen molar-refractivity contribution in [2.24, 2.45) is 0 Å².